The van der Waals surface area contributed by atoms with Crippen LogP contribution in [0.1, 0.15) is 20.8 Å². The summed E-state index contributed by atoms with van der Waals surface area (Å²) in [6.45, 7) is 5.18. The van der Waals surface area contributed by atoms with Gasteiger partial charge in [0, 0.05) is 22.8 Å². The van der Waals surface area contributed by atoms with Gasteiger partial charge in [0.1, 0.15) is 11.4 Å². The van der Waals surface area contributed by atoms with Crippen molar-refractivity contribution in [2.24, 2.45) is 0 Å². The zero-order chi connectivity index (χ0) is 17.0. The van der Waals surface area contributed by atoms with Gasteiger partial charge in [-0.05, 0) is 39.0 Å². The topological polar surface area (TPSA) is 60.5 Å². The third-order valence-corrected chi connectivity index (χ3v) is 2.99. The first-order valence-electron chi connectivity index (χ1n) is 6.82. The number of hydrogen-bond donors (Lipinski definition) is 1. The maximum atomic E-state index is 14.0. The molecule has 0 aliphatic rings. The van der Waals surface area contributed by atoms with Crippen LogP contribution in [0, 0.1) is 5.82 Å². The van der Waals surface area contributed by atoms with E-state index in [2.05, 4.69) is 26.2 Å². The molecule has 0 radical (unpaired) electrons. The van der Waals surface area contributed by atoms with Crippen molar-refractivity contribution >= 4 is 27.7 Å². The van der Waals surface area contributed by atoms with E-state index in [1.807, 2.05) is 0 Å². The third-order valence-electron chi connectivity index (χ3n) is 2.50. The molecule has 0 aliphatic carbocycles. The number of aromatic nitrogens is 1. The van der Waals surface area contributed by atoms with Crippen LogP contribution in [0.4, 0.5) is 14.9 Å². The Kier molecular flexibility index (Phi) is 5.20. The molecule has 0 unspecified atom stereocenters. The highest BCUT2D eigenvalue weighted by atomic mass is 79.9. The fraction of sp³-hybridized carbons (Fsp3) is 0.250. The maximum Gasteiger partial charge on any atom is 0.412 e. The van der Waals surface area contributed by atoms with Crippen molar-refractivity contribution in [2.45, 2.75) is 26.4 Å². The molecule has 122 valence electrons. The van der Waals surface area contributed by atoms with Crippen molar-refractivity contribution in [3.05, 3.63) is 46.8 Å². The largest absolute Gasteiger partial charge is 0.444 e. The molecule has 5 nitrogen and oxygen atoms in total. The zero-order valence-corrected chi connectivity index (χ0v) is 14.5. The lowest BCUT2D eigenvalue weighted by atomic mass is 10.2. The number of carbonyl (C=O) groups excluding carboxylic acids is 1. The second kappa shape index (κ2) is 6.95. The maximum absolute atomic E-state index is 14.0. The number of nitrogens with zero attached hydrogens (tertiary/aromatic N) is 1. The predicted octanol–water partition coefficient (Wildman–Crippen LogP) is 5.12. The van der Waals surface area contributed by atoms with E-state index < -0.39 is 17.5 Å². The van der Waals surface area contributed by atoms with Gasteiger partial charge >= 0.3 is 6.09 Å². The normalized spacial score (nSPS) is 11.0. The molecule has 23 heavy (non-hydrogen) atoms. The molecule has 0 saturated carbocycles. The van der Waals surface area contributed by atoms with Gasteiger partial charge in [0.2, 0.25) is 5.88 Å². The Labute approximate surface area is 142 Å². The first kappa shape index (κ1) is 17.2. The summed E-state index contributed by atoms with van der Waals surface area (Å²) in [4.78, 5) is 15.7. The van der Waals surface area contributed by atoms with Crippen molar-refractivity contribution in [1.29, 1.82) is 0 Å². The molecule has 1 N–H and O–H groups in total. The zero-order valence-electron chi connectivity index (χ0n) is 12.9. The van der Waals surface area contributed by atoms with Gasteiger partial charge < -0.3 is 9.47 Å². The number of carbonyl (C=O) groups is 1. The molecule has 2 aromatic rings. The summed E-state index contributed by atoms with van der Waals surface area (Å²) in [6.07, 6.45) is 0.840. The van der Waals surface area contributed by atoms with Crippen LogP contribution in [0.3, 0.4) is 0 Å². The Hall–Kier alpha value is -2.15. The van der Waals surface area contributed by atoms with Gasteiger partial charge in [-0.1, -0.05) is 15.9 Å². The quantitative estimate of drug-likeness (QED) is 0.799. The van der Waals surface area contributed by atoms with E-state index in [1.54, 1.807) is 39.1 Å². The minimum absolute atomic E-state index is 0.00815. The highest BCUT2D eigenvalue weighted by Gasteiger charge is 2.17. The summed E-state index contributed by atoms with van der Waals surface area (Å²) in [6, 6.07) is 7.49. The third kappa shape index (κ3) is 5.52. The fourth-order valence-corrected chi connectivity index (χ4v) is 1.95. The molecule has 0 spiro atoms. The van der Waals surface area contributed by atoms with Gasteiger partial charge in [-0.2, -0.15) is 0 Å². The van der Waals surface area contributed by atoms with Crippen LogP contribution in [0.5, 0.6) is 11.6 Å². The van der Waals surface area contributed by atoms with Crippen LogP contribution >= 0.6 is 15.9 Å². The van der Waals surface area contributed by atoms with Gasteiger partial charge in [0.25, 0.3) is 0 Å². The van der Waals surface area contributed by atoms with Crippen LogP contribution in [-0.2, 0) is 4.74 Å². The summed E-state index contributed by atoms with van der Waals surface area (Å²) in [7, 11) is 0. The molecule has 7 heteroatoms. The van der Waals surface area contributed by atoms with Gasteiger partial charge in [0.05, 0.1) is 5.69 Å². The number of benzene rings is 1. The molecular weight excluding hydrogens is 367 g/mol. The van der Waals surface area contributed by atoms with Crippen molar-refractivity contribution in [3.63, 3.8) is 0 Å². The SMILES string of the molecule is CC(C)(C)OC(=O)Nc1ccc(Oc2cc(Br)ccn2)cc1F. The number of nitrogens with one attached hydrogen (secondary N) is 1. The number of ether oxygens (including phenoxy) is 2. The standard InChI is InChI=1S/C16H16BrFN2O3/c1-16(2,3)23-15(21)20-13-5-4-11(9-12(13)18)22-14-8-10(17)6-7-19-14/h4-9H,1-3H3,(H,20,21). The van der Waals surface area contributed by atoms with E-state index in [9.17, 15) is 9.18 Å². The molecule has 0 atom stereocenters. The second-order valence-corrected chi connectivity index (χ2v) is 6.60. The number of halogens is 2. The number of amides is 1. The summed E-state index contributed by atoms with van der Waals surface area (Å²) < 4.78 is 25.4. The van der Waals surface area contributed by atoms with Crippen molar-refractivity contribution in [1.82, 2.24) is 4.98 Å². The summed E-state index contributed by atoms with van der Waals surface area (Å²) in [5.41, 5.74) is -0.649. The Morgan fingerprint density at radius 3 is 2.61 bits per heavy atom. The molecular formula is C16H16BrFN2O3. The molecule has 1 aromatic heterocycles. The van der Waals surface area contributed by atoms with Crippen molar-refractivity contribution in [3.8, 4) is 11.6 Å². The lowest BCUT2D eigenvalue weighted by molar-refractivity contribution is 0.0635. The van der Waals surface area contributed by atoms with Crippen molar-refractivity contribution in [2.75, 3.05) is 5.32 Å². The second-order valence-electron chi connectivity index (χ2n) is 5.68. The van der Waals surface area contributed by atoms with Crippen LogP contribution in [0.25, 0.3) is 0 Å². The number of rotatable bonds is 3. The first-order chi connectivity index (χ1) is 10.7. The average Bonchev–Trinajstić information content (AvgIpc) is 2.40. The van der Waals surface area contributed by atoms with E-state index in [1.165, 1.54) is 12.1 Å². The summed E-state index contributed by atoms with van der Waals surface area (Å²) in [5, 5.41) is 2.35. The van der Waals surface area contributed by atoms with Crippen LogP contribution in [-0.4, -0.2) is 16.7 Å². The lowest BCUT2D eigenvalue weighted by Gasteiger charge is -2.19. The number of pyridine rings is 1. The van der Waals surface area contributed by atoms with Gasteiger partial charge in [-0.15, -0.1) is 0 Å². The monoisotopic (exact) mass is 382 g/mol. The van der Waals surface area contributed by atoms with Crippen LogP contribution < -0.4 is 10.1 Å². The minimum Gasteiger partial charge on any atom is -0.444 e. The van der Waals surface area contributed by atoms with Gasteiger partial charge in [-0.25, -0.2) is 14.2 Å². The molecule has 0 saturated heterocycles. The summed E-state index contributed by atoms with van der Waals surface area (Å²) in [5.74, 6) is -0.0437. The van der Waals surface area contributed by atoms with E-state index in [-0.39, 0.29) is 11.4 Å². The number of anilines is 1. The lowest BCUT2D eigenvalue weighted by Crippen LogP contribution is -2.27. The van der Waals surface area contributed by atoms with Gasteiger partial charge in [-0.3, -0.25) is 5.32 Å². The molecule has 2 rings (SSSR count). The van der Waals surface area contributed by atoms with Crippen LogP contribution in [0.2, 0.25) is 0 Å². The van der Waals surface area contributed by atoms with Crippen LogP contribution in [0.15, 0.2) is 41.0 Å². The average molecular weight is 383 g/mol. The number of hydrogen-bond acceptors (Lipinski definition) is 4. The van der Waals surface area contributed by atoms with E-state index in [0.29, 0.717) is 5.88 Å². The molecule has 1 heterocycles. The smallest absolute Gasteiger partial charge is 0.412 e. The Morgan fingerprint density at radius 1 is 1.26 bits per heavy atom. The Balaban J connectivity index is 2.07. The van der Waals surface area contributed by atoms with Crippen molar-refractivity contribution < 1.29 is 18.7 Å². The highest BCUT2D eigenvalue weighted by molar-refractivity contribution is 9.10. The summed E-state index contributed by atoms with van der Waals surface area (Å²) >= 11 is 3.30. The molecule has 0 bridgehead atoms. The van der Waals surface area contributed by atoms with E-state index in [0.717, 1.165) is 10.5 Å². The van der Waals surface area contributed by atoms with E-state index >= 15 is 0 Å². The fourth-order valence-electron chi connectivity index (χ4n) is 1.64. The Morgan fingerprint density at radius 2 is 2.00 bits per heavy atom. The predicted molar refractivity (Wildman–Crippen MR) is 88.3 cm³/mol. The molecule has 0 aliphatic heterocycles. The Bertz CT molecular complexity index is 717. The molecule has 1 amide bonds. The molecule has 0 fully saturated rings. The first-order valence-corrected chi connectivity index (χ1v) is 7.61. The molecule has 1 aromatic carbocycles. The van der Waals surface area contributed by atoms with Gasteiger partial charge in [0.15, 0.2) is 5.82 Å². The highest BCUT2D eigenvalue weighted by Crippen LogP contribution is 2.26. The minimum atomic E-state index is -0.723. The van der Waals surface area contributed by atoms with E-state index in [4.69, 9.17) is 9.47 Å².